The SMILES string of the molecule is CCOC(=O)/C=C(/Nc1ccc2[nH]c(C)c(C)c2c1)C(=O)OCC. The highest BCUT2D eigenvalue weighted by Gasteiger charge is 2.14. The van der Waals surface area contributed by atoms with Gasteiger partial charge in [-0.3, -0.25) is 0 Å². The second-order valence-electron chi connectivity index (χ2n) is 5.29. The number of fused-ring (bicyclic) bond motifs is 1. The van der Waals surface area contributed by atoms with Gasteiger partial charge in [-0.15, -0.1) is 0 Å². The molecule has 0 aliphatic rings. The number of carbonyl (C=O) groups excluding carboxylic acids is 2. The normalized spacial score (nSPS) is 11.4. The van der Waals surface area contributed by atoms with Crippen molar-refractivity contribution in [3.63, 3.8) is 0 Å². The fourth-order valence-electron chi connectivity index (χ4n) is 2.35. The van der Waals surface area contributed by atoms with Gasteiger partial charge < -0.3 is 19.8 Å². The Morgan fingerprint density at radius 2 is 1.88 bits per heavy atom. The topological polar surface area (TPSA) is 80.4 Å². The standard InChI is InChI=1S/C18H22N2O4/c1-5-23-17(21)10-16(18(22)24-6-2)20-13-7-8-15-14(9-13)11(3)12(4)19-15/h7-10,19-20H,5-6H2,1-4H3/b16-10+. The molecule has 1 heterocycles. The van der Waals surface area contributed by atoms with Gasteiger partial charge in [0, 0.05) is 22.3 Å². The number of anilines is 1. The Bertz CT molecular complexity index is 790. The Morgan fingerprint density at radius 3 is 2.54 bits per heavy atom. The molecule has 0 saturated carbocycles. The molecule has 0 saturated heterocycles. The summed E-state index contributed by atoms with van der Waals surface area (Å²) in [7, 11) is 0. The van der Waals surface area contributed by atoms with Crippen molar-refractivity contribution in [2.45, 2.75) is 27.7 Å². The average Bonchev–Trinajstić information content (AvgIpc) is 2.82. The number of aryl methyl sites for hydroxylation is 2. The number of benzene rings is 1. The van der Waals surface area contributed by atoms with Crippen molar-refractivity contribution in [1.29, 1.82) is 0 Å². The number of rotatable bonds is 6. The lowest BCUT2D eigenvalue weighted by atomic mass is 10.1. The van der Waals surface area contributed by atoms with Crippen LogP contribution in [0.15, 0.2) is 30.0 Å². The molecule has 1 aromatic carbocycles. The van der Waals surface area contributed by atoms with Crippen LogP contribution < -0.4 is 5.32 Å². The summed E-state index contributed by atoms with van der Waals surface area (Å²) in [6.07, 6.45) is 1.11. The number of esters is 2. The van der Waals surface area contributed by atoms with E-state index in [0.29, 0.717) is 5.69 Å². The molecule has 0 atom stereocenters. The molecule has 0 bridgehead atoms. The number of ether oxygens (including phenoxy) is 2. The van der Waals surface area contributed by atoms with E-state index < -0.39 is 11.9 Å². The third-order valence-electron chi connectivity index (χ3n) is 3.63. The van der Waals surface area contributed by atoms with Crippen LogP contribution in [0.5, 0.6) is 0 Å². The Labute approximate surface area is 140 Å². The van der Waals surface area contributed by atoms with Crippen molar-refractivity contribution in [3.05, 3.63) is 41.2 Å². The zero-order chi connectivity index (χ0) is 17.7. The van der Waals surface area contributed by atoms with Crippen molar-refractivity contribution < 1.29 is 19.1 Å². The summed E-state index contributed by atoms with van der Waals surface area (Å²) in [4.78, 5) is 27.0. The van der Waals surface area contributed by atoms with E-state index in [0.717, 1.165) is 28.2 Å². The van der Waals surface area contributed by atoms with Crippen LogP contribution >= 0.6 is 0 Å². The Morgan fingerprint density at radius 1 is 1.17 bits per heavy atom. The molecule has 6 heteroatoms. The van der Waals surface area contributed by atoms with E-state index in [9.17, 15) is 9.59 Å². The molecule has 0 fully saturated rings. The summed E-state index contributed by atoms with van der Waals surface area (Å²) < 4.78 is 9.85. The highest BCUT2D eigenvalue weighted by Crippen LogP contribution is 2.25. The molecule has 2 rings (SSSR count). The van der Waals surface area contributed by atoms with Gasteiger partial charge in [-0.05, 0) is 51.5 Å². The highest BCUT2D eigenvalue weighted by molar-refractivity contribution is 5.99. The van der Waals surface area contributed by atoms with Gasteiger partial charge in [-0.25, -0.2) is 9.59 Å². The third-order valence-corrected chi connectivity index (χ3v) is 3.63. The van der Waals surface area contributed by atoms with Crippen molar-refractivity contribution >= 4 is 28.5 Å². The Hall–Kier alpha value is -2.76. The first kappa shape index (κ1) is 17.6. The number of H-pyrrole nitrogens is 1. The molecular weight excluding hydrogens is 308 g/mol. The molecule has 0 aliphatic heterocycles. The van der Waals surface area contributed by atoms with Crippen LogP contribution in [-0.4, -0.2) is 30.1 Å². The molecule has 128 valence electrons. The van der Waals surface area contributed by atoms with Crippen LogP contribution in [0.25, 0.3) is 10.9 Å². The summed E-state index contributed by atoms with van der Waals surface area (Å²) in [5, 5.41) is 4.01. The van der Waals surface area contributed by atoms with Gasteiger partial charge in [0.1, 0.15) is 5.70 Å². The van der Waals surface area contributed by atoms with E-state index in [1.54, 1.807) is 13.8 Å². The summed E-state index contributed by atoms with van der Waals surface area (Å²) in [6.45, 7) is 7.90. The smallest absolute Gasteiger partial charge is 0.355 e. The quantitative estimate of drug-likeness (QED) is 0.628. The van der Waals surface area contributed by atoms with E-state index in [2.05, 4.69) is 10.3 Å². The van der Waals surface area contributed by atoms with Gasteiger partial charge in [-0.1, -0.05) is 0 Å². The summed E-state index contributed by atoms with van der Waals surface area (Å²) in [5.74, 6) is -1.20. The second-order valence-corrected chi connectivity index (χ2v) is 5.29. The fraction of sp³-hybridized carbons (Fsp3) is 0.333. The van der Waals surface area contributed by atoms with Gasteiger partial charge in [0.05, 0.1) is 19.3 Å². The minimum absolute atomic E-state index is 0.0413. The number of nitrogens with one attached hydrogen (secondary N) is 2. The van der Waals surface area contributed by atoms with Gasteiger partial charge in [-0.2, -0.15) is 0 Å². The summed E-state index contributed by atoms with van der Waals surface area (Å²) in [6, 6.07) is 5.67. The van der Waals surface area contributed by atoms with Crippen molar-refractivity contribution in [1.82, 2.24) is 4.98 Å². The maximum absolute atomic E-state index is 12.1. The molecule has 6 nitrogen and oxygen atoms in total. The number of carbonyl (C=O) groups is 2. The molecule has 0 radical (unpaired) electrons. The predicted octanol–water partition coefficient (Wildman–Crippen LogP) is 3.21. The lowest BCUT2D eigenvalue weighted by Crippen LogP contribution is -2.17. The monoisotopic (exact) mass is 330 g/mol. The molecule has 0 unspecified atom stereocenters. The number of aromatic amines is 1. The molecule has 24 heavy (non-hydrogen) atoms. The zero-order valence-electron chi connectivity index (χ0n) is 14.4. The lowest BCUT2D eigenvalue weighted by molar-refractivity contribution is -0.140. The summed E-state index contributed by atoms with van der Waals surface area (Å²) in [5.41, 5.74) is 3.98. The number of hydrogen-bond acceptors (Lipinski definition) is 5. The fourth-order valence-corrected chi connectivity index (χ4v) is 2.35. The molecule has 2 N–H and O–H groups in total. The zero-order valence-corrected chi connectivity index (χ0v) is 14.4. The minimum Gasteiger partial charge on any atom is -0.463 e. The van der Waals surface area contributed by atoms with Crippen LogP contribution in [0.2, 0.25) is 0 Å². The van der Waals surface area contributed by atoms with Crippen molar-refractivity contribution in [2.75, 3.05) is 18.5 Å². The maximum atomic E-state index is 12.1. The number of aromatic nitrogens is 1. The van der Waals surface area contributed by atoms with Crippen molar-refractivity contribution in [3.8, 4) is 0 Å². The first-order valence-electron chi connectivity index (χ1n) is 7.87. The van der Waals surface area contributed by atoms with Crippen LogP contribution in [0.1, 0.15) is 25.1 Å². The first-order valence-corrected chi connectivity index (χ1v) is 7.87. The van der Waals surface area contributed by atoms with Crippen LogP contribution in [0.3, 0.4) is 0 Å². The van der Waals surface area contributed by atoms with Crippen molar-refractivity contribution in [2.24, 2.45) is 0 Å². The average molecular weight is 330 g/mol. The largest absolute Gasteiger partial charge is 0.463 e. The van der Waals surface area contributed by atoms with E-state index in [-0.39, 0.29) is 18.9 Å². The lowest BCUT2D eigenvalue weighted by Gasteiger charge is -2.10. The van der Waals surface area contributed by atoms with Crippen LogP contribution in [0.4, 0.5) is 5.69 Å². The molecule has 2 aromatic rings. The first-order chi connectivity index (χ1) is 11.5. The molecule has 0 amide bonds. The predicted molar refractivity (Wildman–Crippen MR) is 92.7 cm³/mol. The van der Waals surface area contributed by atoms with Gasteiger partial charge in [0.2, 0.25) is 0 Å². The van der Waals surface area contributed by atoms with E-state index in [1.807, 2.05) is 32.0 Å². The Balaban J connectivity index is 2.33. The van der Waals surface area contributed by atoms with E-state index in [1.165, 1.54) is 0 Å². The van der Waals surface area contributed by atoms with E-state index in [4.69, 9.17) is 9.47 Å². The second kappa shape index (κ2) is 7.68. The van der Waals surface area contributed by atoms with Crippen LogP contribution in [0, 0.1) is 13.8 Å². The summed E-state index contributed by atoms with van der Waals surface area (Å²) >= 11 is 0. The van der Waals surface area contributed by atoms with Gasteiger partial charge >= 0.3 is 11.9 Å². The molecule has 1 aromatic heterocycles. The Kier molecular flexibility index (Phi) is 5.63. The van der Waals surface area contributed by atoms with Crippen LogP contribution in [-0.2, 0) is 19.1 Å². The highest BCUT2D eigenvalue weighted by atomic mass is 16.5. The molecule has 0 aliphatic carbocycles. The maximum Gasteiger partial charge on any atom is 0.355 e. The van der Waals surface area contributed by atoms with E-state index >= 15 is 0 Å². The molecular formula is C18H22N2O4. The third kappa shape index (κ3) is 3.95. The minimum atomic E-state index is -0.604. The van der Waals surface area contributed by atoms with Gasteiger partial charge in [0.25, 0.3) is 0 Å². The number of hydrogen-bond donors (Lipinski definition) is 2. The van der Waals surface area contributed by atoms with Gasteiger partial charge in [0.15, 0.2) is 0 Å². The molecule has 0 spiro atoms.